The molecule has 0 aromatic heterocycles. The summed E-state index contributed by atoms with van der Waals surface area (Å²) >= 11 is 0. The van der Waals surface area contributed by atoms with Gasteiger partial charge < -0.3 is 5.11 Å². The van der Waals surface area contributed by atoms with Crippen molar-refractivity contribution in [2.75, 3.05) is 0 Å². The molecular weight excluding hydrogens is 140 g/mol. The Hall–Kier alpha value is -1.31. The van der Waals surface area contributed by atoms with Crippen molar-refractivity contribution in [3.05, 3.63) is 36.0 Å². The Bertz CT molecular complexity index is 222. The van der Waals surface area contributed by atoms with Crippen molar-refractivity contribution in [1.29, 1.82) is 0 Å². The van der Waals surface area contributed by atoms with E-state index in [2.05, 4.69) is 6.58 Å². The molecule has 0 spiro atoms. The number of aliphatic carboxylic acids is 1. The van der Waals surface area contributed by atoms with Gasteiger partial charge in [0.05, 0.1) is 0 Å². The van der Waals surface area contributed by atoms with Crippen LogP contribution in [0.15, 0.2) is 36.0 Å². The first-order valence-corrected chi connectivity index (χ1v) is 3.29. The van der Waals surface area contributed by atoms with Gasteiger partial charge in [-0.3, -0.25) is 0 Å². The lowest BCUT2D eigenvalue weighted by Gasteiger charge is -1.89. The molecule has 0 unspecified atom stereocenters. The molecule has 2 nitrogen and oxygen atoms in total. The van der Waals surface area contributed by atoms with E-state index in [0.29, 0.717) is 5.57 Å². The summed E-state index contributed by atoms with van der Waals surface area (Å²) in [4.78, 5) is 10.3. The van der Waals surface area contributed by atoms with Crippen LogP contribution in [0.4, 0.5) is 0 Å². The van der Waals surface area contributed by atoms with Gasteiger partial charge in [0, 0.05) is 5.57 Å². The lowest BCUT2D eigenvalue weighted by Crippen LogP contribution is -1.94. The molecule has 0 aromatic rings. The van der Waals surface area contributed by atoms with E-state index >= 15 is 0 Å². The van der Waals surface area contributed by atoms with Gasteiger partial charge in [-0.1, -0.05) is 30.4 Å². The third-order valence-electron chi connectivity index (χ3n) is 1.26. The largest absolute Gasteiger partial charge is 0.478 e. The molecule has 0 aliphatic rings. The topological polar surface area (TPSA) is 37.3 Å². The Balaban J connectivity index is 4.34. The molecular formula is C9H12O2. The van der Waals surface area contributed by atoms with Gasteiger partial charge in [0.1, 0.15) is 0 Å². The summed E-state index contributed by atoms with van der Waals surface area (Å²) < 4.78 is 0. The van der Waals surface area contributed by atoms with E-state index < -0.39 is 5.97 Å². The molecule has 0 bridgehead atoms. The average Bonchev–Trinajstić information content (AvgIpc) is 1.99. The van der Waals surface area contributed by atoms with Crippen molar-refractivity contribution in [3.63, 3.8) is 0 Å². The van der Waals surface area contributed by atoms with E-state index in [-0.39, 0.29) is 0 Å². The van der Waals surface area contributed by atoms with Crippen LogP contribution >= 0.6 is 0 Å². The molecule has 0 saturated heterocycles. The maximum Gasteiger partial charge on any atom is 0.331 e. The van der Waals surface area contributed by atoms with Gasteiger partial charge in [0.2, 0.25) is 0 Å². The standard InChI is InChI=1S/C9H12O2/c1-4-7(2)5-6-8(3)9(10)11/h4-6H,1H2,2-3H3,(H,10,11)/b7-5-,8-6+. The lowest BCUT2D eigenvalue weighted by molar-refractivity contribution is -0.132. The van der Waals surface area contributed by atoms with Crippen molar-refractivity contribution in [3.8, 4) is 0 Å². The molecule has 0 aliphatic carbocycles. The second-order valence-electron chi connectivity index (χ2n) is 2.27. The maximum absolute atomic E-state index is 10.3. The quantitative estimate of drug-likeness (QED) is 0.497. The van der Waals surface area contributed by atoms with Gasteiger partial charge in [0.25, 0.3) is 0 Å². The molecule has 1 N–H and O–H groups in total. The Kier molecular flexibility index (Phi) is 3.96. The van der Waals surface area contributed by atoms with E-state index in [1.165, 1.54) is 0 Å². The number of carbonyl (C=O) groups is 1. The Morgan fingerprint density at radius 2 is 1.91 bits per heavy atom. The summed E-state index contributed by atoms with van der Waals surface area (Å²) in [5, 5.41) is 8.44. The first kappa shape index (κ1) is 9.69. The summed E-state index contributed by atoms with van der Waals surface area (Å²) in [6.45, 7) is 6.95. The van der Waals surface area contributed by atoms with Crippen LogP contribution in [0.1, 0.15) is 13.8 Å². The average molecular weight is 152 g/mol. The van der Waals surface area contributed by atoms with Gasteiger partial charge in [-0.05, 0) is 13.8 Å². The van der Waals surface area contributed by atoms with E-state index in [1.54, 1.807) is 25.2 Å². The molecule has 0 heterocycles. The fourth-order valence-electron chi connectivity index (χ4n) is 0.396. The van der Waals surface area contributed by atoms with Gasteiger partial charge in [-0.25, -0.2) is 4.79 Å². The molecule has 60 valence electrons. The van der Waals surface area contributed by atoms with Crippen LogP contribution in [0.3, 0.4) is 0 Å². The third kappa shape index (κ3) is 4.14. The number of hydrogen-bond acceptors (Lipinski definition) is 1. The summed E-state index contributed by atoms with van der Waals surface area (Å²) in [6.07, 6.45) is 4.95. The minimum atomic E-state index is -0.891. The van der Waals surface area contributed by atoms with Crippen LogP contribution in [0.2, 0.25) is 0 Å². The highest BCUT2D eigenvalue weighted by atomic mass is 16.4. The van der Waals surface area contributed by atoms with Crippen LogP contribution < -0.4 is 0 Å². The molecule has 0 saturated carbocycles. The first-order chi connectivity index (χ1) is 5.07. The highest BCUT2D eigenvalue weighted by Crippen LogP contribution is 1.97. The molecule has 0 fully saturated rings. The summed E-state index contributed by atoms with van der Waals surface area (Å²) in [5.41, 5.74) is 1.27. The fourth-order valence-corrected chi connectivity index (χ4v) is 0.396. The second kappa shape index (κ2) is 4.50. The summed E-state index contributed by atoms with van der Waals surface area (Å²) in [6, 6.07) is 0. The second-order valence-corrected chi connectivity index (χ2v) is 2.27. The fraction of sp³-hybridized carbons (Fsp3) is 0.222. The van der Waals surface area contributed by atoms with E-state index in [9.17, 15) is 4.79 Å². The van der Waals surface area contributed by atoms with Crippen LogP contribution in [-0.4, -0.2) is 11.1 Å². The highest BCUT2D eigenvalue weighted by Gasteiger charge is 1.95. The number of carboxylic acid groups (broad SMARTS) is 1. The molecule has 0 atom stereocenters. The predicted octanol–water partition coefficient (Wildman–Crippen LogP) is 2.15. The van der Waals surface area contributed by atoms with Gasteiger partial charge >= 0.3 is 5.97 Å². The SMILES string of the molecule is C=C/C(C)=C\C=C(/C)C(=O)O. The maximum atomic E-state index is 10.3. The van der Waals surface area contributed by atoms with Gasteiger partial charge in [-0.15, -0.1) is 0 Å². The molecule has 0 radical (unpaired) electrons. The Morgan fingerprint density at radius 1 is 1.36 bits per heavy atom. The number of carboxylic acids is 1. The molecule has 0 aliphatic heterocycles. The molecule has 0 amide bonds. The van der Waals surface area contributed by atoms with E-state index in [0.717, 1.165) is 5.57 Å². The normalized spacial score (nSPS) is 12.9. The van der Waals surface area contributed by atoms with Crippen molar-refractivity contribution in [2.24, 2.45) is 0 Å². The zero-order chi connectivity index (χ0) is 8.85. The number of rotatable bonds is 3. The minimum absolute atomic E-state index is 0.325. The number of hydrogen-bond donors (Lipinski definition) is 1. The van der Waals surface area contributed by atoms with Crippen molar-refractivity contribution in [1.82, 2.24) is 0 Å². The van der Waals surface area contributed by atoms with Crippen LogP contribution in [0.25, 0.3) is 0 Å². The summed E-state index contributed by atoms with van der Waals surface area (Å²) in [7, 11) is 0. The number of allylic oxidation sites excluding steroid dienone is 4. The van der Waals surface area contributed by atoms with Gasteiger partial charge in [0.15, 0.2) is 0 Å². The van der Waals surface area contributed by atoms with Crippen molar-refractivity contribution >= 4 is 5.97 Å². The predicted molar refractivity (Wildman–Crippen MR) is 45.3 cm³/mol. The van der Waals surface area contributed by atoms with E-state index in [4.69, 9.17) is 5.11 Å². The van der Waals surface area contributed by atoms with Crippen LogP contribution in [-0.2, 0) is 4.79 Å². The molecule has 2 heteroatoms. The van der Waals surface area contributed by atoms with E-state index in [1.807, 2.05) is 6.92 Å². The van der Waals surface area contributed by atoms with Crippen molar-refractivity contribution in [2.45, 2.75) is 13.8 Å². The van der Waals surface area contributed by atoms with Gasteiger partial charge in [-0.2, -0.15) is 0 Å². The zero-order valence-electron chi connectivity index (χ0n) is 6.79. The smallest absolute Gasteiger partial charge is 0.331 e. The minimum Gasteiger partial charge on any atom is -0.478 e. The third-order valence-corrected chi connectivity index (χ3v) is 1.26. The highest BCUT2D eigenvalue weighted by molar-refractivity contribution is 5.86. The molecule has 0 aromatic carbocycles. The van der Waals surface area contributed by atoms with Crippen LogP contribution in [0.5, 0.6) is 0 Å². The molecule has 0 rings (SSSR count). The first-order valence-electron chi connectivity index (χ1n) is 3.29. The monoisotopic (exact) mass is 152 g/mol. The lowest BCUT2D eigenvalue weighted by atomic mass is 10.2. The molecule has 11 heavy (non-hydrogen) atoms. The van der Waals surface area contributed by atoms with Crippen molar-refractivity contribution < 1.29 is 9.90 Å². The summed E-state index contributed by atoms with van der Waals surface area (Å²) in [5.74, 6) is -0.891. The Morgan fingerprint density at radius 3 is 2.27 bits per heavy atom. The zero-order valence-corrected chi connectivity index (χ0v) is 6.79. The van der Waals surface area contributed by atoms with Crippen LogP contribution in [0, 0.1) is 0 Å². The Labute approximate surface area is 66.5 Å².